The van der Waals surface area contributed by atoms with Crippen LogP contribution in [-0.4, -0.2) is 64.6 Å². The summed E-state index contributed by atoms with van der Waals surface area (Å²) in [7, 11) is -2.56. The first-order valence-electron chi connectivity index (χ1n) is 8.69. The Morgan fingerprint density at radius 1 is 1.18 bits per heavy atom. The summed E-state index contributed by atoms with van der Waals surface area (Å²) in [6.45, 7) is 1.32. The smallest absolute Gasteiger partial charge is 0.305 e. The minimum atomic E-state index is -3.88. The van der Waals surface area contributed by atoms with E-state index in [9.17, 15) is 18.0 Å². The van der Waals surface area contributed by atoms with Crippen molar-refractivity contribution in [2.75, 3.05) is 40.0 Å². The second-order valence-electron chi connectivity index (χ2n) is 6.07. The van der Waals surface area contributed by atoms with Crippen molar-refractivity contribution in [3.8, 4) is 0 Å². The van der Waals surface area contributed by atoms with Gasteiger partial charge in [0.1, 0.15) is 4.90 Å². The van der Waals surface area contributed by atoms with E-state index in [0.29, 0.717) is 32.6 Å². The molecule has 1 aromatic rings. The Hall–Kier alpha value is -1.39. The number of carbonyl (C=O) groups is 2. The highest BCUT2D eigenvalue weighted by Crippen LogP contribution is 2.31. The molecule has 1 N–H and O–H groups in total. The van der Waals surface area contributed by atoms with Gasteiger partial charge in [0, 0.05) is 26.1 Å². The lowest BCUT2D eigenvalue weighted by atomic mass is 10.2. The number of hydrogen-bond donors (Lipinski definition) is 1. The molecule has 0 spiro atoms. The lowest BCUT2D eigenvalue weighted by Crippen LogP contribution is -2.40. The van der Waals surface area contributed by atoms with Crippen molar-refractivity contribution in [3.63, 3.8) is 0 Å². The molecule has 0 atom stereocenters. The summed E-state index contributed by atoms with van der Waals surface area (Å²) in [5, 5.41) is 2.67. The fraction of sp³-hybridized carbons (Fsp3) is 0.529. The highest BCUT2D eigenvalue weighted by molar-refractivity contribution is 7.89. The number of hydrogen-bond acceptors (Lipinski definition) is 6. The van der Waals surface area contributed by atoms with Crippen molar-refractivity contribution < 1.29 is 27.5 Å². The third-order valence-corrected chi connectivity index (χ3v) is 6.85. The molecule has 156 valence electrons. The van der Waals surface area contributed by atoms with Gasteiger partial charge in [-0.2, -0.15) is 4.31 Å². The summed E-state index contributed by atoms with van der Waals surface area (Å²) in [6.07, 6.45) is 1.37. The van der Waals surface area contributed by atoms with E-state index in [1.807, 2.05) is 0 Å². The molecule has 0 saturated carbocycles. The van der Waals surface area contributed by atoms with Crippen molar-refractivity contribution in [2.24, 2.45) is 0 Å². The van der Waals surface area contributed by atoms with Gasteiger partial charge in [0.2, 0.25) is 10.0 Å². The van der Waals surface area contributed by atoms with Gasteiger partial charge in [0.25, 0.3) is 5.91 Å². The van der Waals surface area contributed by atoms with Crippen LogP contribution in [0.15, 0.2) is 17.0 Å². The number of methoxy groups -OCH3 is 1. The minimum absolute atomic E-state index is 0.0193. The molecule has 0 radical (unpaired) electrons. The molecule has 28 heavy (non-hydrogen) atoms. The second-order valence-corrected chi connectivity index (χ2v) is 8.79. The van der Waals surface area contributed by atoms with E-state index in [0.717, 1.165) is 0 Å². The first-order valence-corrected chi connectivity index (χ1v) is 10.9. The van der Waals surface area contributed by atoms with E-state index >= 15 is 0 Å². The third-order valence-electron chi connectivity index (χ3n) is 4.17. The monoisotopic (exact) mass is 452 g/mol. The van der Waals surface area contributed by atoms with Crippen LogP contribution in [0.5, 0.6) is 0 Å². The Balaban J connectivity index is 2.09. The van der Waals surface area contributed by atoms with Crippen LogP contribution >= 0.6 is 23.2 Å². The van der Waals surface area contributed by atoms with Gasteiger partial charge in [-0.25, -0.2) is 8.42 Å². The Morgan fingerprint density at radius 2 is 1.86 bits per heavy atom. The van der Waals surface area contributed by atoms with E-state index in [2.05, 4.69) is 10.1 Å². The van der Waals surface area contributed by atoms with E-state index in [1.54, 1.807) is 0 Å². The Morgan fingerprint density at radius 3 is 2.50 bits per heavy atom. The summed E-state index contributed by atoms with van der Waals surface area (Å²) in [6, 6.07) is 2.45. The van der Waals surface area contributed by atoms with Gasteiger partial charge in [-0.1, -0.05) is 23.2 Å². The van der Waals surface area contributed by atoms with Crippen LogP contribution in [0.2, 0.25) is 10.0 Å². The maximum atomic E-state index is 12.9. The SMILES string of the molecule is COC(=O)CCCCNC(=O)c1cc(S(=O)(=O)N2CCOCC2)c(Cl)cc1Cl. The lowest BCUT2D eigenvalue weighted by Gasteiger charge is -2.26. The molecule has 0 aromatic heterocycles. The topological polar surface area (TPSA) is 102 Å². The molecule has 11 heteroatoms. The molecule has 0 bridgehead atoms. The van der Waals surface area contributed by atoms with Crippen LogP contribution in [0.25, 0.3) is 0 Å². The molecule has 1 saturated heterocycles. The number of sulfonamides is 1. The first kappa shape index (κ1) is 22.9. The molecule has 1 aliphatic rings. The quantitative estimate of drug-likeness (QED) is 0.478. The summed E-state index contributed by atoms with van der Waals surface area (Å²) in [4.78, 5) is 23.3. The maximum Gasteiger partial charge on any atom is 0.305 e. The maximum absolute atomic E-state index is 12.9. The van der Waals surface area contributed by atoms with Gasteiger partial charge >= 0.3 is 5.97 Å². The van der Waals surface area contributed by atoms with Crippen molar-refractivity contribution in [1.29, 1.82) is 0 Å². The summed E-state index contributed by atoms with van der Waals surface area (Å²) >= 11 is 12.2. The van der Waals surface area contributed by atoms with Crippen molar-refractivity contribution in [2.45, 2.75) is 24.2 Å². The van der Waals surface area contributed by atoms with E-state index in [4.69, 9.17) is 27.9 Å². The molecule has 8 nitrogen and oxygen atoms in total. The number of nitrogens with one attached hydrogen (secondary N) is 1. The number of nitrogens with zero attached hydrogens (tertiary/aromatic N) is 1. The van der Waals surface area contributed by atoms with Gasteiger partial charge in [-0.05, 0) is 25.0 Å². The standard InChI is InChI=1S/C17H22Cl2N2O6S/c1-26-16(22)4-2-3-5-20-17(23)12-10-15(14(19)11-13(12)18)28(24,25)21-6-8-27-9-7-21/h10-11H,2-9H2,1H3,(H,20,23). The van der Waals surface area contributed by atoms with Gasteiger partial charge < -0.3 is 14.8 Å². The van der Waals surface area contributed by atoms with Gasteiger partial charge in [0.05, 0.1) is 35.9 Å². The zero-order valence-electron chi connectivity index (χ0n) is 15.4. The van der Waals surface area contributed by atoms with Crippen LogP contribution in [0.3, 0.4) is 0 Å². The molecule has 1 aromatic carbocycles. The number of halogens is 2. The normalized spacial score (nSPS) is 15.2. The fourth-order valence-electron chi connectivity index (χ4n) is 2.62. The fourth-order valence-corrected chi connectivity index (χ4v) is 4.86. The molecule has 1 aliphatic heterocycles. The van der Waals surface area contributed by atoms with Crippen LogP contribution in [-0.2, 0) is 24.3 Å². The Kier molecular flexibility index (Phi) is 8.51. The van der Waals surface area contributed by atoms with E-state index < -0.39 is 15.9 Å². The molecule has 1 amide bonds. The van der Waals surface area contributed by atoms with Gasteiger partial charge in [-0.15, -0.1) is 0 Å². The number of unbranched alkanes of at least 4 members (excludes halogenated alkanes) is 1. The molecular weight excluding hydrogens is 431 g/mol. The van der Waals surface area contributed by atoms with Gasteiger partial charge in [-0.3, -0.25) is 9.59 Å². The number of morpholine rings is 1. The zero-order chi connectivity index (χ0) is 20.7. The average molecular weight is 453 g/mol. The third kappa shape index (κ3) is 5.81. The summed E-state index contributed by atoms with van der Waals surface area (Å²) in [5.41, 5.74) is 0.0193. The van der Waals surface area contributed by atoms with Crippen molar-refractivity contribution in [1.82, 2.24) is 9.62 Å². The van der Waals surface area contributed by atoms with Crippen molar-refractivity contribution >= 4 is 45.1 Å². The van der Waals surface area contributed by atoms with Crippen LogP contribution in [0, 0.1) is 0 Å². The zero-order valence-corrected chi connectivity index (χ0v) is 17.7. The molecule has 0 aliphatic carbocycles. The van der Waals surface area contributed by atoms with Crippen molar-refractivity contribution in [3.05, 3.63) is 27.7 Å². The number of rotatable bonds is 8. The van der Waals surface area contributed by atoms with E-state index in [-0.39, 0.29) is 46.0 Å². The van der Waals surface area contributed by atoms with Crippen LogP contribution < -0.4 is 5.32 Å². The number of benzene rings is 1. The lowest BCUT2D eigenvalue weighted by molar-refractivity contribution is -0.140. The predicted octanol–water partition coefficient (Wildman–Crippen LogP) is 2.09. The molecule has 2 rings (SSSR count). The molecular formula is C17H22Cl2N2O6S. The molecule has 0 unspecified atom stereocenters. The summed E-state index contributed by atoms with van der Waals surface area (Å²) in [5.74, 6) is -0.830. The first-order chi connectivity index (χ1) is 13.3. The van der Waals surface area contributed by atoms with Gasteiger partial charge in [0.15, 0.2) is 0 Å². The largest absolute Gasteiger partial charge is 0.469 e. The Bertz CT molecular complexity index is 825. The number of esters is 1. The Labute approximate surface area is 174 Å². The number of carbonyl (C=O) groups excluding carboxylic acids is 2. The number of ether oxygens (including phenoxy) is 2. The molecule has 1 fully saturated rings. The average Bonchev–Trinajstić information content (AvgIpc) is 2.67. The molecule has 1 heterocycles. The summed E-state index contributed by atoms with van der Waals surface area (Å²) < 4.78 is 36.7. The highest BCUT2D eigenvalue weighted by Gasteiger charge is 2.30. The van der Waals surface area contributed by atoms with Crippen LogP contribution in [0.1, 0.15) is 29.6 Å². The second kappa shape index (κ2) is 10.4. The van der Waals surface area contributed by atoms with Crippen LogP contribution in [0.4, 0.5) is 0 Å². The highest BCUT2D eigenvalue weighted by atomic mass is 35.5. The van der Waals surface area contributed by atoms with E-state index in [1.165, 1.54) is 23.5 Å². The minimum Gasteiger partial charge on any atom is -0.469 e. The predicted molar refractivity (Wildman–Crippen MR) is 104 cm³/mol. The number of amides is 1.